The Morgan fingerprint density at radius 2 is 0.822 bits per heavy atom. The summed E-state index contributed by atoms with van der Waals surface area (Å²) in [6, 6.07) is 0. The van der Waals surface area contributed by atoms with Crippen LogP contribution < -0.4 is 0 Å². The smallest absolute Gasteiger partial charge is 0.364 e. The van der Waals surface area contributed by atoms with E-state index in [0.717, 1.165) is 6.92 Å². The molecule has 7 saturated heterocycles. The van der Waals surface area contributed by atoms with Gasteiger partial charge in [-0.25, -0.2) is 9.59 Å². The second-order valence-electron chi connectivity index (χ2n) is 18.3. The Balaban J connectivity index is 1.07. The molecule has 0 aromatic rings. The summed E-state index contributed by atoms with van der Waals surface area (Å²) in [6.07, 6.45) is -61.0. The van der Waals surface area contributed by atoms with E-state index in [1.807, 2.05) is 0 Å². The minimum atomic E-state index is -2.44. The maximum Gasteiger partial charge on any atom is 0.364 e. The fraction of sp³-hybridized carbons (Fsp3) is 0.949. The van der Waals surface area contributed by atoms with Gasteiger partial charge in [0.05, 0.1) is 33.0 Å². The highest BCUT2D eigenvalue weighted by atomic mass is 16.8. The Kier molecular flexibility index (Phi) is 19.0. The predicted molar refractivity (Wildman–Crippen MR) is 213 cm³/mol. The summed E-state index contributed by atoms with van der Waals surface area (Å²) in [6.45, 7) is -3.59. The number of aliphatic carboxylic acids is 2. The maximum absolute atomic E-state index is 12.8. The van der Waals surface area contributed by atoms with Gasteiger partial charge in [0, 0.05) is 6.92 Å². The quantitative estimate of drug-likeness (QED) is 0.0682. The van der Waals surface area contributed by atoms with Crippen LogP contribution >= 0.6 is 0 Å². The number of hydrogen-bond acceptors (Lipinski definition) is 32. The zero-order valence-corrected chi connectivity index (χ0v) is 38.0. The summed E-state index contributed by atoms with van der Waals surface area (Å²) in [5.74, 6) is -6.04. The monoisotopic (exact) mass is 1070 g/mol. The minimum absolute atomic E-state index is 0.668. The Hall–Kier alpha value is -2.26. The molecule has 19 N–H and O–H groups in total. The van der Waals surface area contributed by atoms with Crippen LogP contribution in [0, 0.1) is 0 Å². The van der Waals surface area contributed by atoms with Gasteiger partial charge in [-0.15, -0.1) is 0 Å². The van der Waals surface area contributed by atoms with Crippen molar-refractivity contribution in [3.8, 4) is 0 Å². The first-order valence-corrected chi connectivity index (χ1v) is 22.7. The summed E-state index contributed by atoms with van der Waals surface area (Å²) in [5.41, 5.74) is 0. The van der Waals surface area contributed by atoms with Crippen molar-refractivity contribution in [3.63, 3.8) is 0 Å². The van der Waals surface area contributed by atoms with Crippen molar-refractivity contribution >= 4 is 11.9 Å². The van der Waals surface area contributed by atoms with Crippen LogP contribution in [0.3, 0.4) is 0 Å². The van der Waals surface area contributed by atoms with Crippen molar-refractivity contribution < 1.29 is 168 Å². The highest BCUT2D eigenvalue weighted by Crippen LogP contribution is 2.40. The second-order valence-corrected chi connectivity index (χ2v) is 18.3. The van der Waals surface area contributed by atoms with Crippen LogP contribution in [-0.4, -0.2) is 332 Å². The summed E-state index contributed by atoms with van der Waals surface area (Å²) in [7, 11) is 0. The third-order valence-corrected chi connectivity index (χ3v) is 13.5. The third-order valence-electron chi connectivity index (χ3n) is 13.5. The van der Waals surface area contributed by atoms with Crippen molar-refractivity contribution in [1.29, 1.82) is 0 Å². The number of aliphatic hydroxyl groups excluding tert-OH is 17. The molecule has 0 aromatic carbocycles. The van der Waals surface area contributed by atoms with E-state index < -0.39 is 235 Å². The van der Waals surface area contributed by atoms with Crippen molar-refractivity contribution in [1.82, 2.24) is 0 Å². The van der Waals surface area contributed by atoms with Gasteiger partial charge >= 0.3 is 11.9 Å². The summed E-state index contributed by atoms with van der Waals surface area (Å²) in [5, 5.41) is 202. The molecule has 422 valence electrons. The van der Waals surface area contributed by atoms with Gasteiger partial charge in [-0.1, -0.05) is 0 Å². The lowest BCUT2D eigenvalue weighted by Gasteiger charge is -2.52. The Morgan fingerprint density at radius 3 is 1.30 bits per heavy atom. The lowest BCUT2D eigenvalue weighted by atomic mass is 9.94. The van der Waals surface area contributed by atoms with E-state index in [4.69, 9.17) is 61.6 Å². The van der Waals surface area contributed by atoms with E-state index in [0.29, 0.717) is 0 Å². The van der Waals surface area contributed by atoms with Gasteiger partial charge in [0.2, 0.25) is 0 Å². The van der Waals surface area contributed by atoms with Gasteiger partial charge in [0.25, 0.3) is 5.79 Å². The molecule has 7 aliphatic rings. The number of hydrogen-bond donors (Lipinski definition) is 19. The molecule has 0 bridgehead atoms. The zero-order chi connectivity index (χ0) is 53.7. The molecule has 7 rings (SSSR count). The van der Waals surface area contributed by atoms with Crippen LogP contribution in [0.1, 0.15) is 6.92 Å². The van der Waals surface area contributed by atoms with E-state index in [2.05, 4.69) is 0 Å². The van der Waals surface area contributed by atoms with Crippen molar-refractivity contribution in [3.05, 3.63) is 0 Å². The standard InChI is InChI=1S/C39H62O34/c1-39(38(59)60)61-6-11-24(73-39)29(71-33-18(50)16(48)12(44)7(2-40)63-33)23(55)37(66-11)70-28-17(49)19(51)34(72-30(28)31(56)57)68-26-14(46)9(4-42)65-36(21(26)53)69-27-15(47)10(5-43)64-35(22(27)54)67-25-13(45)8(3-41)62-32(58)20(25)52/h7-30,32-37,40-55,58H,2-6H2,1H3,(H,56,57)(H,59,60)/t7-,8-,9-,10-,11-,12-,13+,14-,15+,16+,17-,18-,19-,20-,21+,22-,23+,24-,25+,26+,27+,28+,29-,30+,32?,33+,34+,35-,36-,37+,39?/m1/s1. The number of rotatable bonds is 16. The molecule has 7 fully saturated rings. The SMILES string of the molecule is CC1(C(=O)O)OC[C@H]2O[C@@H](O[C@H]3[C@H](O)[C@@H](O)[C@@H](O[C@@H]4[C@H](O)[C@@H](O[C@H]5[C@@H](O)[C@@H](CO)O[C@H](O[C@H]6[C@@H](O)[C@@H](CO)OC(O)[C@@H]6O)[C@@H]5O)O[C@H](CO)[C@H]4O)O[C@@H]3C(=O)O)[C@@H](O)[C@@H](O[C@@H]3O[C@H](CO)[C@@H](O)[C@H](O)[C@H]3O)[C@@H]2O1. The van der Waals surface area contributed by atoms with E-state index >= 15 is 0 Å². The van der Waals surface area contributed by atoms with Gasteiger partial charge in [-0.2, -0.15) is 0 Å². The van der Waals surface area contributed by atoms with Crippen molar-refractivity contribution in [2.24, 2.45) is 0 Å². The highest BCUT2D eigenvalue weighted by molar-refractivity contribution is 5.75. The number of fused-ring (bicyclic) bond motifs is 1. The largest absolute Gasteiger partial charge is 0.479 e. The number of aliphatic hydroxyl groups is 17. The fourth-order valence-electron chi connectivity index (χ4n) is 9.22. The minimum Gasteiger partial charge on any atom is -0.479 e. The molecule has 0 aliphatic carbocycles. The Bertz CT molecular complexity index is 1820. The Morgan fingerprint density at radius 1 is 0.438 bits per heavy atom. The molecule has 0 aromatic heterocycles. The molecule has 0 spiro atoms. The van der Waals surface area contributed by atoms with Crippen LogP contribution in [0.15, 0.2) is 0 Å². The average Bonchev–Trinajstić information content (AvgIpc) is 3.35. The summed E-state index contributed by atoms with van der Waals surface area (Å²) < 4.78 is 71.7. The average molecular weight is 1070 g/mol. The normalized spacial score (nSPS) is 52.8. The molecule has 7 aliphatic heterocycles. The van der Waals surface area contributed by atoms with E-state index in [-0.39, 0.29) is 0 Å². The molecule has 0 amide bonds. The van der Waals surface area contributed by atoms with Crippen molar-refractivity contribution in [2.45, 2.75) is 197 Å². The molecule has 31 atom stereocenters. The molecule has 2 unspecified atom stereocenters. The van der Waals surface area contributed by atoms with E-state index in [9.17, 15) is 107 Å². The number of carbonyl (C=O) groups is 2. The molecule has 34 heteroatoms. The van der Waals surface area contributed by atoms with Gasteiger partial charge in [-0.3, -0.25) is 0 Å². The molecule has 73 heavy (non-hydrogen) atoms. The Labute approximate surface area is 409 Å². The predicted octanol–water partition coefficient (Wildman–Crippen LogP) is -13.1. The van der Waals surface area contributed by atoms with Crippen LogP contribution in [-0.2, 0) is 71.2 Å². The molecule has 0 radical (unpaired) electrons. The number of carboxylic acid groups (broad SMARTS) is 2. The van der Waals surface area contributed by atoms with Crippen LogP contribution in [0.2, 0.25) is 0 Å². The topological polar surface area (TPSA) is 539 Å². The number of carboxylic acids is 2. The molecule has 34 nitrogen and oxygen atoms in total. The highest BCUT2D eigenvalue weighted by Gasteiger charge is 2.61. The molecule has 0 saturated carbocycles. The maximum atomic E-state index is 12.8. The van der Waals surface area contributed by atoms with Gasteiger partial charge < -0.3 is 159 Å². The first-order valence-electron chi connectivity index (χ1n) is 22.7. The first-order chi connectivity index (χ1) is 34.4. The lowest BCUT2D eigenvalue weighted by molar-refractivity contribution is -0.415. The van der Waals surface area contributed by atoms with Crippen LogP contribution in [0.4, 0.5) is 0 Å². The van der Waals surface area contributed by atoms with Gasteiger partial charge in [0.15, 0.2) is 43.8 Å². The van der Waals surface area contributed by atoms with Gasteiger partial charge in [-0.05, 0) is 0 Å². The van der Waals surface area contributed by atoms with Crippen molar-refractivity contribution in [2.75, 3.05) is 33.0 Å². The van der Waals surface area contributed by atoms with Crippen LogP contribution in [0.25, 0.3) is 0 Å². The summed E-state index contributed by atoms with van der Waals surface area (Å²) >= 11 is 0. The fourth-order valence-corrected chi connectivity index (χ4v) is 9.22. The third kappa shape index (κ3) is 11.5. The zero-order valence-electron chi connectivity index (χ0n) is 38.0. The molecular formula is C39H62O34. The first kappa shape index (κ1) is 58.4. The summed E-state index contributed by atoms with van der Waals surface area (Å²) in [4.78, 5) is 24.9. The lowest BCUT2D eigenvalue weighted by Crippen LogP contribution is -2.70. The van der Waals surface area contributed by atoms with Crippen LogP contribution in [0.5, 0.6) is 0 Å². The van der Waals surface area contributed by atoms with E-state index in [1.54, 1.807) is 0 Å². The van der Waals surface area contributed by atoms with Gasteiger partial charge in [0.1, 0.15) is 140 Å². The number of ether oxygens (including phenoxy) is 13. The second kappa shape index (κ2) is 23.8. The molecular weight excluding hydrogens is 1010 g/mol. The molecule has 7 heterocycles. The van der Waals surface area contributed by atoms with E-state index in [1.165, 1.54) is 0 Å².